The molecule has 0 aliphatic heterocycles. The lowest BCUT2D eigenvalue weighted by molar-refractivity contribution is -0.141. The van der Waals surface area contributed by atoms with Crippen LogP contribution in [0.5, 0.6) is 11.6 Å². The van der Waals surface area contributed by atoms with Gasteiger partial charge in [0.25, 0.3) is 0 Å². The summed E-state index contributed by atoms with van der Waals surface area (Å²) in [5, 5.41) is 0. The molecule has 2 rings (SSSR count). The number of pyridine rings is 1. The van der Waals surface area contributed by atoms with Crippen molar-refractivity contribution in [3.05, 3.63) is 54.2 Å². The molecule has 0 saturated heterocycles. The third-order valence-corrected chi connectivity index (χ3v) is 2.63. The molecule has 0 aliphatic rings. The minimum atomic E-state index is -0.529. The molecule has 0 amide bonds. The molecule has 0 saturated carbocycles. The van der Waals surface area contributed by atoms with Gasteiger partial charge in [0.05, 0.1) is 6.61 Å². The molecule has 5 heteroatoms. The number of carbonyl (C=O) groups excluding carboxylic acids is 2. The van der Waals surface area contributed by atoms with Gasteiger partial charge in [-0.05, 0) is 25.1 Å². The van der Waals surface area contributed by atoms with Crippen LogP contribution in [0.4, 0.5) is 0 Å². The molecule has 0 bridgehead atoms. The summed E-state index contributed by atoms with van der Waals surface area (Å²) in [6, 6.07) is 11.9. The molecule has 0 radical (unpaired) electrons. The minimum Gasteiger partial charge on any atom is -0.466 e. The third kappa shape index (κ3) is 4.42. The lowest BCUT2D eigenvalue weighted by Crippen LogP contribution is -2.11. The molecule has 0 N–H and O–H groups in total. The van der Waals surface area contributed by atoms with Gasteiger partial charge in [-0.25, -0.2) is 4.98 Å². The Morgan fingerprint density at radius 3 is 2.71 bits per heavy atom. The zero-order valence-electron chi connectivity index (χ0n) is 11.6. The average molecular weight is 285 g/mol. The van der Waals surface area contributed by atoms with Gasteiger partial charge < -0.3 is 9.47 Å². The first kappa shape index (κ1) is 14.7. The van der Waals surface area contributed by atoms with Crippen LogP contribution in [0.25, 0.3) is 0 Å². The second kappa shape index (κ2) is 7.19. The number of aromatic nitrogens is 1. The molecule has 2 aromatic rings. The predicted molar refractivity (Wildman–Crippen MR) is 76.3 cm³/mol. The molecule has 1 aromatic heterocycles. The van der Waals surface area contributed by atoms with Crippen molar-refractivity contribution in [3.8, 4) is 11.6 Å². The van der Waals surface area contributed by atoms with Crippen LogP contribution in [0.2, 0.25) is 0 Å². The molecule has 0 unspecified atom stereocenters. The first-order valence-corrected chi connectivity index (χ1v) is 6.57. The van der Waals surface area contributed by atoms with Crippen molar-refractivity contribution in [3.63, 3.8) is 0 Å². The van der Waals surface area contributed by atoms with E-state index in [9.17, 15) is 9.59 Å². The van der Waals surface area contributed by atoms with E-state index in [1.165, 1.54) is 0 Å². The molecular weight excluding hydrogens is 270 g/mol. The van der Waals surface area contributed by atoms with Crippen molar-refractivity contribution in [1.82, 2.24) is 4.98 Å². The highest BCUT2D eigenvalue weighted by molar-refractivity contribution is 6.06. The van der Waals surface area contributed by atoms with Crippen LogP contribution in [0, 0.1) is 0 Å². The summed E-state index contributed by atoms with van der Waals surface area (Å²) in [6.45, 7) is 1.96. The van der Waals surface area contributed by atoms with E-state index in [-0.39, 0.29) is 18.8 Å². The number of carbonyl (C=O) groups is 2. The van der Waals surface area contributed by atoms with E-state index in [1.807, 2.05) is 0 Å². The van der Waals surface area contributed by atoms with E-state index in [0.29, 0.717) is 17.2 Å². The van der Waals surface area contributed by atoms with Crippen molar-refractivity contribution in [2.75, 3.05) is 6.61 Å². The van der Waals surface area contributed by atoms with Gasteiger partial charge in [-0.3, -0.25) is 9.59 Å². The molecule has 0 fully saturated rings. The van der Waals surface area contributed by atoms with Crippen molar-refractivity contribution in [2.24, 2.45) is 0 Å². The SMILES string of the molecule is CCOC(=O)CC(=O)c1cccc(Oc2ccccn2)c1. The van der Waals surface area contributed by atoms with Gasteiger partial charge in [-0.15, -0.1) is 0 Å². The number of ether oxygens (including phenoxy) is 2. The summed E-state index contributed by atoms with van der Waals surface area (Å²) in [4.78, 5) is 27.3. The first-order valence-electron chi connectivity index (χ1n) is 6.57. The first-order chi connectivity index (χ1) is 10.2. The largest absolute Gasteiger partial charge is 0.466 e. The number of rotatable bonds is 6. The summed E-state index contributed by atoms with van der Waals surface area (Å²) in [5.74, 6) is 0.0920. The van der Waals surface area contributed by atoms with E-state index in [1.54, 1.807) is 55.6 Å². The van der Waals surface area contributed by atoms with Crippen LogP contribution in [-0.2, 0) is 9.53 Å². The second-order valence-electron chi connectivity index (χ2n) is 4.20. The van der Waals surface area contributed by atoms with Crippen LogP contribution in [-0.4, -0.2) is 23.3 Å². The number of ketones is 1. The Balaban J connectivity index is 2.07. The van der Waals surface area contributed by atoms with Crippen LogP contribution >= 0.6 is 0 Å². The standard InChI is InChI=1S/C16H15NO4/c1-2-20-16(19)11-14(18)12-6-5-7-13(10-12)21-15-8-3-4-9-17-15/h3-10H,2,11H2,1H3. The van der Waals surface area contributed by atoms with Crippen molar-refractivity contribution >= 4 is 11.8 Å². The van der Waals surface area contributed by atoms with Crippen LogP contribution in [0.15, 0.2) is 48.7 Å². The zero-order chi connectivity index (χ0) is 15.1. The number of Topliss-reactive ketones (excluding diaryl/α,β-unsaturated/α-hetero) is 1. The molecule has 0 atom stereocenters. The van der Waals surface area contributed by atoms with Gasteiger partial charge in [-0.2, -0.15) is 0 Å². The maximum Gasteiger partial charge on any atom is 0.313 e. The topological polar surface area (TPSA) is 65.5 Å². The van der Waals surface area contributed by atoms with Crippen molar-refractivity contribution in [2.45, 2.75) is 13.3 Å². The van der Waals surface area contributed by atoms with Crippen molar-refractivity contribution < 1.29 is 19.1 Å². The summed E-state index contributed by atoms with van der Waals surface area (Å²) in [6.07, 6.45) is 1.34. The fourth-order valence-corrected chi connectivity index (χ4v) is 1.71. The Kier molecular flexibility index (Phi) is 5.04. The monoisotopic (exact) mass is 285 g/mol. The maximum absolute atomic E-state index is 12.0. The summed E-state index contributed by atoms with van der Waals surface area (Å²) in [7, 11) is 0. The fraction of sp³-hybridized carbons (Fsp3) is 0.188. The third-order valence-electron chi connectivity index (χ3n) is 2.63. The molecule has 1 heterocycles. The Morgan fingerprint density at radius 1 is 1.14 bits per heavy atom. The highest BCUT2D eigenvalue weighted by Crippen LogP contribution is 2.20. The molecule has 0 aliphatic carbocycles. The molecule has 108 valence electrons. The van der Waals surface area contributed by atoms with Crippen LogP contribution < -0.4 is 4.74 Å². The Morgan fingerprint density at radius 2 is 2.00 bits per heavy atom. The smallest absolute Gasteiger partial charge is 0.313 e. The van der Waals surface area contributed by atoms with E-state index in [0.717, 1.165) is 0 Å². The van der Waals surface area contributed by atoms with Gasteiger partial charge in [0, 0.05) is 17.8 Å². The lowest BCUT2D eigenvalue weighted by atomic mass is 10.1. The summed E-state index contributed by atoms with van der Waals surface area (Å²) >= 11 is 0. The van der Waals surface area contributed by atoms with Crippen molar-refractivity contribution in [1.29, 1.82) is 0 Å². The molecule has 1 aromatic carbocycles. The normalized spacial score (nSPS) is 9.95. The number of esters is 1. The quantitative estimate of drug-likeness (QED) is 0.463. The number of nitrogens with zero attached hydrogens (tertiary/aromatic N) is 1. The second-order valence-corrected chi connectivity index (χ2v) is 4.20. The number of hydrogen-bond donors (Lipinski definition) is 0. The Bertz CT molecular complexity index is 625. The highest BCUT2D eigenvalue weighted by atomic mass is 16.5. The van der Waals surface area contributed by atoms with E-state index >= 15 is 0 Å². The van der Waals surface area contributed by atoms with Gasteiger partial charge in [-0.1, -0.05) is 18.2 Å². The van der Waals surface area contributed by atoms with Gasteiger partial charge in [0.2, 0.25) is 5.88 Å². The van der Waals surface area contributed by atoms with E-state index in [4.69, 9.17) is 9.47 Å². The van der Waals surface area contributed by atoms with Crippen LogP contribution in [0.3, 0.4) is 0 Å². The fourth-order valence-electron chi connectivity index (χ4n) is 1.71. The lowest BCUT2D eigenvalue weighted by Gasteiger charge is -2.06. The summed E-state index contributed by atoms with van der Waals surface area (Å²) < 4.78 is 10.3. The van der Waals surface area contributed by atoms with E-state index in [2.05, 4.69) is 4.98 Å². The van der Waals surface area contributed by atoms with E-state index < -0.39 is 5.97 Å². The minimum absolute atomic E-state index is 0.259. The van der Waals surface area contributed by atoms with Crippen LogP contribution in [0.1, 0.15) is 23.7 Å². The number of hydrogen-bond acceptors (Lipinski definition) is 5. The Labute approximate surface area is 122 Å². The van der Waals surface area contributed by atoms with Gasteiger partial charge in [0.1, 0.15) is 12.2 Å². The zero-order valence-corrected chi connectivity index (χ0v) is 11.6. The molecule has 0 spiro atoms. The van der Waals surface area contributed by atoms with Gasteiger partial charge >= 0.3 is 5.97 Å². The molecular formula is C16H15NO4. The van der Waals surface area contributed by atoms with Gasteiger partial charge in [0.15, 0.2) is 5.78 Å². The highest BCUT2D eigenvalue weighted by Gasteiger charge is 2.13. The summed E-state index contributed by atoms with van der Waals surface area (Å²) in [5.41, 5.74) is 0.400. The average Bonchev–Trinajstić information content (AvgIpc) is 2.49. The maximum atomic E-state index is 12.0. The number of benzene rings is 1. The molecule has 5 nitrogen and oxygen atoms in total. The molecule has 21 heavy (non-hydrogen) atoms. The Hall–Kier alpha value is -2.69. The predicted octanol–water partition coefficient (Wildman–Crippen LogP) is 3.01.